The van der Waals surface area contributed by atoms with E-state index in [0.29, 0.717) is 5.75 Å². The van der Waals surface area contributed by atoms with Gasteiger partial charge in [-0.3, -0.25) is 0 Å². The quantitative estimate of drug-likeness (QED) is 0.523. The van der Waals surface area contributed by atoms with Gasteiger partial charge in [-0.2, -0.15) is 0 Å². The standard InChI is InChI=1S/C14H10O3S/c15-18(16)17-14-7-3-6-12-11-5-2-1-4-10(11)8-9-13(12)14/h1-9H,(H,15,16)/p-1. The summed E-state index contributed by atoms with van der Waals surface area (Å²) < 4.78 is 26.1. The average Bonchev–Trinajstić information content (AvgIpc) is 2.38. The molecule has 90 valence electrons. The molecular weight excluding hydrogens is 248 g/mol. The topological polar surface area (TPSA) is 49.4 Å². The Kier molecular flexibility index (Phi) is 2.74. The highest BCUT2D eigenvalue weighted by Crippen LogP contribution is 2.31. The molecule has 0 heterocycles. The van der Waals surface area contributed by atoms with Crippen molar-refractivity contribution in [2.24, 2.45) is 0 Å². The summed E-state index contributed by atoms with van der Waals surface area (Å²) in [6.45, 7) is 0. The van der Waals surface area contributed by atoms with Crippen LogP contribution in [0.2, 0.25) is 0 Å². The SMILES string of the molecule is O=S([O-])Oc1cccc2c1ccc1ccccc12. The molecule has 0 amide bonds. The number of hydrogen-bond donors (Lipinski definition) is 0. The summed E-state index contributed by atoms with van der Waals surface area (Å²) in [6, 6.07) is 17.2. The van der Waals surface area contributed by atoms with E-state index in [1.54, 1.807) is 12.1 Å². The first-order valence-corrected chi connectivity index (χ1v) is 6.44. The van der Waals surface area contributed by atoms with Gasteiger partial charge in [-0.1, -0.05) is 42.5 Å². The zero-order valence-electron chi connectivity index (χ0n) is 9.33. The Morgan fingerprint density at radius 3 is 2.44 bits per heavy atom. The lowest BCUT2D eigenvalue weighted by molar-refractivity contribution is 0.442. The smallest absolute Gasteiger partial charge is 0.147 e. The minimum Gasteiger partial charge on any atom is -0.740 e. The van der Waals surface area contributed by atoms with E-state index in [1.165, 1.54) is 0 Å². The van der Waals surface area contributed by atoms with Crippen molar-refractivity contribution in [1.82, 2.24) is 0 Å². The largest absolute Gasteiger partial charge is 0.740 e. The molecule has 0 radical (unpaired) electrons. The van der Waals surface area contributed by atoms with E-state index in [9.17, 15) is 8.76 Å². The minimum absolute atomic E-state index is 0.353. The molecule has 1 unspecified atom stereocenters. The van der Waals surface area contributed by atoms with Crippen LogP contribution in [0.25, 0.3) is 21.5 Å². The van der Waals surface area contributed by atoms with Crippen LogP contribution in [0.3, 0.4) is 0 Å². The molecule has 1 atom stereocenters. The average molecular weight is 257 g/mol. The van der Waals surface area contributed by atoms with Gasteiger partial charge in [-0.25, -0.2) is 4.21 Å². The van der Waals surface area contributed by atoms with Crippen molar-refractivity contribution < 1.29 is 12.9 Å². The third kappa shape index (κ3) is 1.85. The van der Waals surface area contributed by atoms with Gasteiger partial charge in [0.1, 0.15) is 17.1 Å². The van der Waals surface area contributed by atoms with Gasteiger partial charge in [-0.15, -0.1) is 0 Å². The summed E-state index contributed by atoms with van der Waals surface area (Å²) in [5, 5.41) is 3.97. The van der Waals surface area contributed by atoms with E-state index < -0.39 is 11.4 Å². The summed E-state index contributed by atoms with van der Waals surface area (Å²) in [6.07, 6.45) is 0. The van der Waals surface area contributed by atoms with Gasteiger partial charge in [0.2, 0.25) is 0 Å². The maximum absolute atomic E-state index is 10.7. The lowest BCUT2D eigenvalue weighted by Crippen LogP contribution is -1.98. The van der Waals surface area contributed by atoms with Crippen LogP contribution in [0.1, 0.15) is 0 Å². The third-order valence-corrected chi connectivity index (χ3v) is 3.22. The lowest BCUT2D eigenvalue weighted by atomic mass is 10.0. The molecule has 18 heavy (non-hydrogen) atoms. The van der Waals surface area contributed by atoms with Gasteiger partial charge in [-0.05, 0) is 28.3 Å². The molecule has 3 aromatic carbocycles. The zero-order chi connectivity index (χ0) is 12.5. The second-order valence-electron chi connectivity index (χ2n) is 3.93. The highest BCUT2D eigenvalue weighted by Gasteiger charge is 2.05. The summed E-state index contributed by atoms with van der Waals surface area (Å²) in [7, 11) is 0. The number of fused-ring (bicyclic) bond motifs is 3. The van der Waals surface area contributed by atoms with Crippen LogP contribution in [-0.4, -0.2) is 8.76 Å². The van der Waals surface area contributed by atoms with Gasteiger partial charge in [0.05, 0.1) is 0 Å². The van der Waals surface area contributed by atoms with Crippen molar-refractivity contribution in [2.75, 3.05) is 0 Å². The first-order valence-electron chi connectivity index (χ1n) is 5.44. The normalized spacial score (nSPS) is 12.7. The fourth-order valence-corrected chi connectivity index (χ4v) is 2.45. The molecule has 0 aliphatic carbocycles. The van der Waals surface area contributed by atoms with Crippen LogP contribution in [0, 0.1) is 0 Å². The van der Waals surface area contributed by atoms with Crippen LogP contribution in [-0.2, 0) is 11.4 Å². The summed E-state index contributed by atoms with van der Waals surface area (Å²) >= 11 is -2.56. The molecule has 0 bridgehead atoms. The number of hydrogen-bond acceptors (Lipinski definition) is 3. The highest BCUT2D eigenvalue weighted by molar-refractivity contribution is 7.74. The molecule has 0 saturated heterocycles. The second kappa shape index (κ2) is 4.40. The molecular formula is C14H9O3S-. The van der Waals surface area contributed by atoms with Crippen LogP contribution in [0.5, 0.6) is 5.75 Å². The second-order valence-corrected chi connectivity index (χ2v) is 4.50. The molecule has 0 fully saturated rings. The first kappa shape index (κ1) is 11.2. The Hall–Kier alpha value is -1.91. The number of benzene rings is 3. The van der Waals surface area contributed by atoms with E-state index in [0.717, 1.165) is 21.5 Å². The third-order valence-electron chi connectivity index (χ3n) is 2.90. The van der Waals surface area contributed by atoms with Crippen LogP contribution in [0.4, 0.5) is 0 Å². The molecule has 0 saturated carbocycles. The van der Waals surface area contributed by atoms with E-state index in [4.69, 9.17) is 4.18 Å². The Morgan fingerprint density at radius 2 is 1.61 bits per heavy atom. The van der Waals surface area contributed by atoms with Crippen molar-refractivity contribution in [2.45, 2.75) is 0 Å². The van der Waals surface area contributed by atoms with Gasteiger partial charge < -0.3 is 8.74 Å². The predicted molar refractivity (Wildman–Crippen MR) is 71.0 cm³/mol. The molecule has 0 aromatic heterocycles. The number of rotatable bonds is 2. The highest BCUT2D eigenvalue weighted by atomic mass is 32.2. The van der Waals surface area contributed by atoms with Crippen LogP contribution >= 0.6 is 0 Å². The predicted octanol–water partition coefficient (Wildman–Crippen LogP) is 3.17. The van der Waals surface area contributed by atoms with Gasteiger partial charge in [0, 0.05) is 5.39 Å². The Morgan fingerprint density at radius 1 is 0.833 bits per heavy atom. The summed E-state index contributed by atoms with van der Waals surface area (Å²) in [5.74, 6) is 0.353. The molecule has 3 rings (SSSR count). The van der Waals surface area contributed by atoms with E-state index in [-0.39, 0.29) is 0 Å². The maximum atomic E-state index is 10.7. The molecule has 0 aliphatic heterocycles. The van der Waals surface area contributed by atoms with Crippen LogP contribution in [0.15, 0.2) is 54.6 Å². The van der Waals surface area contributed by atoms with Gasteiger partial charge in [0.25, 0.3) is 0 Å². The fraction of sp³-hybridized carbons (Fsp3) is 0. The molecule has 0 spiro atoms. The van der Waals surface area contributed by atoms with E-state index in [1.807, 2.05) is 42.5 Å². The van der Waals surface area contributed by atoms with Crippen LogP contribution < -0.4 is 4.18 Å². The molecule has 0 N–H and O–H groups in total. The van der Waals surface area contributed by atoms with Crippen molar-refractivity contribution in [1.29, 1.82) is 0 Å². The minimum atomic E-state index is -2.56. The Bertz CT molecular complexity index is 752. The van der Waals surface area contributed by atoms with Crippen molar-refractivity contribution in [3.63, 3.8) is 0 Å². The molecule has 4 heteroatoms. The monoisotopic (exact) mass is 257 g/mol. The van der Waals surface area contributed by atoms with Gasteiger partial charge >= 0.3 is 0 Å². The van der Waals surface area contributed by atoms with Crippen molar-refractivity contribution >= 4 is 32.9 Å². The van der Waals surface area contributed by atoms with Crippen molar-refractivity contribution in [3.05, 3.63) is 54.6 Å². The maximum Gasteiger partial charge on any atom is 0.147 e. The Labute approximate surface area is 106 Å². The van der Waals surface area contributed by atoms with E-state index >= 15 is 0 Å². The molecule has 0 aliphatic rings. The fourth-order valence-electron chi connectivity index (χ4n) is 2.16. The molecule has 3 aromatic rings. The Balaban J connectivity index is 2.36. The van der Waals surface area contributed by atoms with Gasteiger partial charge in [0.15, 0.2) is 0 Å². The van der Waals surface area contributed by atoms with Crippen molar-refractivity contribution in [3.8, 4) is 5.75 Å². The first-order chi connectivity index (χ1) is 8.75. The lowest BCUT2D eigenvalue weighted by Gasteiger charge is -2.11. The summed E-state index contributed by atoms with van der Waals surface area (Å²) in [5.41, 5.74) is 0. The zero-order valence-corrected chi connectivity index (χ0v) is 10.1. The summed E-state index contributed by atoms with van der Waals surface area (Å²) in [4.78, 5) is 0. The molecule has 3 nitrogen and oxygen atoms in total. The van der Waals surface area contributed by atoms with E-state index in [2.05, 4.69) is 0 Å².